The maximum atomic E-state index is 14.9. The van der Waals surface area contributed by atoms with Gasteiger partial charge in [0, 0.05) is 24.8 Å². The minimum Gasteiger partial charge on any atom is -0.385 e. The Morgan fingerprint density at radius 3 is 2.60 bits per heavy atom. The van der Waals surface area contributed by atoms with Gasteiger partial charge in [-0.05, 0) is 62.8 Å². The molecule has 1 aliphatic heterocycles. The monoisotopic (exact) mass is 408 g/mol. The Labute approximate surface area is 177 Å². The highest BCUT2D eigenvalue weighted by atomic mass is 19.1. The lowest BCUT2D eigenvalue weighted by atomic mass is 9.67. The number of amides is 1. The molecule has 3 N–H and O–H groups in total. The lowest BCUT2D eigenvalue weighted by Crippen LogP contribution is -2.58. The molecule has 1 aliphatic carbocycles. The first-order chi connectivity index (χ1) is 14.1. The first kappa shape index (κ1) is 20.4. The molecule has 1 amide bonds. The van der Waals surface area contributed by atoms with Crippen LogP contribution in [0.2, 0.25) is 0 Å². The average Bonchev–Trinajstić information content (AvgIpc) is 3.51. The lowest BCUT2D eigenvalue weighted by Gasteiger charge is -2.46. The fourth-order valence-corrected chi connectivity index (χ4v) is 4.41. The Morgan fingerprint density at radius 2 is 1.90 bits per heavy atom. The molecule has 4 rings (SSSR count). The predicted octanol–water partition coefficient (Wildman–Crippen LogP) is 4.07. The molecule has 1 saturated carbocycles. The quantitative estimate of drug-likeness (QED) is 0.783. The van der Waals surface area contributed by atoms with Crippen molar-refractivity contribution in [2.24, 2.45) is 22.1 Å². The van der Waals surface area contributed by atoms with Gasteiger partial charge in [-0.3, -0.25) is 9.69 Å². The molecule has 0 aromatic heterocycles. The standard InChI is InChI=1S/C24H29FN4O/c1-23(2)21(30)29(4)22(26)28-24(23,3)19-13-17(10-11-20(19)25)27-14-16-12-18(16)15-8-6-5-7-9-15/h5-11,13,16,18,27H,12,14H2,1-4H3,(H2,26,28)/t16?,18?,24-/m1/s1. The van der Waals surface area contributed by atoms with Crippen LogP contribution in [0, 0.1) is 17.2 Å². The number of guanidine groups is 1. The van der Waals surface area contributed by atoms with Gasteiger partial charge in [0.25, 0.3) is 0 Å². The number of nitrogens with one attached hydrogen (secondary N) is 1. The SMILES string of the molecule is CN1C(=O)C(C)(C)[C@@](C)(c2cc(NCC3CC3c3ccccc3)ccc2F)N=C1N. The van der Waals surface area contributed by atoms with Crippen molar-refractivity contribution in [2.45, 2.75) is 38.6 Å². The zero-order valence-corrected chi connectivity index (χ0v) is 17.9. The number of anilines is 1. The van der Waals surface area contributed by atoms with E-state index in [1.54, 1.807) is 40.0 Å². The third kappa shape index (κ3) is 3.24. The molecule has 0 saturated heterocycles. The minimum absolute atomic E-state index is 0.100. The van der Waals surface area contributed by atoms with Crippen LogP contribution in [-0.4, -0.2) is 30.4 Å². The number of nitrogens with zero attached hydrogens (tertiary/aromatic N) is 2. The molecule has 158 valence electrons. The van der Waals surface area contributed by atoms with Crippen molar-refractivity contribution in [1.82, 2.24) is 4.90 Å². The molecule has 0 radical (unpaired) electrons. The molecular weight excluding hydrogens is 379 g/mol. The van der Waals surface area contributed by atoms with Crippen molar-refractivity contribution >= 4 is 17.6 Å². The first-order valence-electron chi connectivity index (χ1n) is 10.4. The van der Waals surface area contributed by atoms with Crippen molar-refractivity contribution in [2.75, 3.05) is 18.9 Å². The molecule has 0 spiro atoms. The number of halogens is 1. The number of carbonyl (C=O) groups is 1. The van der Waals surface area contributed by atoms with Gasteiger partial charge >= 0.3 is 0 Å². The summed E-state index contributed by atoms with van der Waals surface area (Å²) in [5.74, 6) is 0.665. The molecule has 2 aromatic rings. The van der Waals surface area contributed by atoms with Crippen LogP contribution in [-0.2, 0) is 10.3 Å². The lowest BCUT2D eigenvalue weighted by molar-refractivity contribution is -0.140. The first-order valence-corrected chi connectivity index (χ1v) is 10.4. The number of nitrogens with two attached hydrogens (primary N) is 1. The van der Waals surface area contributed by atoms with Crippen molar-refractivity contribution in [3.05, 3.63) is 65.5 Å². The fourth-order valence-electron chi connectivity index (χ4n) is 4.41. The van der Waals surface area contributed by atoms with Gasteiger partial charge in [-0.1, -0.05) is 30.3 Å². The number of rotatable bonds is 5. The molecule has 5 nitrogen and oxygen atoms in total. The summed E-state index contributed by atoms with van der Waals surface area (Å²) in [6.07, 6.45) is 1.15. The van der Waals surface area contributed by atoms with Crippen LogP contribution in [0.15, 0.2) is 53.5 Å². The van der Waals surface area contributed by atoms with Crippen LogP contribution < -0.4 is 11.1 Å². The Bertz CT molecular complexity index is 1000. The summed E-state index contributed by atoms with van der Waals surface area (Å²) in [5.41, 5.74) is 6.50. The van der Waals surface area contributed by atoms with E-state index in [4.69, 9.17) is 5.73 Å². The zero-order chi connectivity index (χ0) is 21.7. The van der Waals surface area contributed by atoms with Crippen LogP contribution in [0.3, 0.4) is 0 Å². The summed E-state index contributed by atoms with van der Waals surface area (Å²) in [5, 5.41) is 3.45. The van der Waals surface area contributed by atoms with Crippen molar-refractivity contribution in [3.63, 3.8) is 0 Å². The molecule has 1 fully saturated rings. The number of carbonyl (C=O) groups excluding carboxylic acids is 1. The molecule has 2 aliphatic rings. The highest BCUT2D eigenvalue weighted by molar-refractivity contribution is 6.01. The molecule has 1 heterocycles. The molecule has 0 bridgehead atoms. The van der Waals surface area contributed by atoms with Crippen molar-refractivity contribution in [3.8, 4) is 0 Å². The van der Waals surface area contributed by atoms with Crippen LogP contribution in [0.1, 0.15) is 44.2 Å². The predicted molar refractivity (Wildman–Crippen MR) is 118 cm³/mol. The number of hydrogen-bond acceptors (Lipinski definition) is 4. The van der Waals surface area contributed by atoms with Gasteiger partial charge in [-0.15, -0.1) is 0 Å². The van der Waals surface area contributed by atoms with Crippen LogP contribution in [0.25, 0.3) is 0 Å². The van der Waals surface area contributed by atoms with Crippen molar-refractivity contribution in [1.29, 1.82) is 0 Å². The van der Waals surface area contributed by atoms with E-state index < -0.39 is 16.8 Å². The number of aliphatic imine (C=N–C) groups is 1. The number of hydrogen-bond donors (Lipinski definition) is 2. The van der Waals surface area contributed by atoms with E-state index >= 15 is 0 Å². The zero-order valence-electron chi connectivity index (χ0n) is 17.9. The van der Waals surface area contributed by atoms with Crippen molar-refractivity contribution < 1.29 is 9.18 Å². The summed E-state index contributed by atoms with van der Waals surface area (Å²) >= 11 is 0. The van der Waals surface area contributed by atoms with E-state index in [0.29, 0.717) is 17.4 Å². The van der Waals surface area contributed by atoms with Gasteiger partial charge < -0.3 is 11.1 Å². The second-order valence-corrected chi connectivity index (χ2v) is 9.12. The Kier molecular flexibility index (Phi) is 4.83. The Hall–Kier alpha value is -2.89. The second-order valence-electron chi connectivity index (χ2n) is 9.12. The van der Waals surface area contributed by atoms with Gasteiger partial charge in [0.1, 0.15) is 11.4 Å². The van der Waals surface area contributed by atoms with Gasteiger partial charge in [0.15, 0.2) is 5.96 Å². The molecule has 3 atom stereocenters. The molecule has 6 heteroatoms. The van der Waals surface area contributed by atoms with E-state index in [1.165, 1.54) is 16.5 Å². The topological polar surface area (TPSA) is 70.7 Å². The van der Waals surface area contributed by atoms with E-state index in [-0.39, 0.29) is 11.9 Å². The summed E-state index contributed by atoms with van der Waals surface area (Å²) < 4.78 is 14.9. The maximum absolute atomic E-state index is 14.9. The van der Waals surface area contributed by atoms with Gasteiger partial charge in [0.05, 0.1) is 5.41 Å². The minimum atomic E-state index is -1.10. The largest absolute Gasteiger partial charge is 0.385 e. The highest BCUT2D eigenvalue weighted by Gasteiger charge is 2.53. The Morgan fingerprint density at radius 1 is 1.20 bits per heavy atom. The van der Waals surface area contributed by atoms with Gasteiger partial charge in [-0.2, -0.15) is 0 Å². The normalized spacial score (nSPS) is 27.6. The fraction of sp³-hybridized carbons (Fsp3) is 0.417. The molecular formula is C24H29FN4O. The number of benzene rings is 2. The van der Waals surface area contributed by atoms with E-state index in [9.17, 15) is 9.18 Å². The maximum Gasteiger partial charge on any atom is 0.237 e. The summed E-state index contributed by atoms with van der Waals surface area (Å²) in [7, 11) is 1.59. The van der Waals surface area contributed by atoms with Gasteiger partial charge in [0.2, 0.25) is 5.91 Å². The van der Waals surface area contributed by atoms with Crippen LogP contribution in [0.4, 0.5) is 10.1 Å². The third-order valence-corrected chi connectivity index (χ3v) is 6.95. The summed E-state index contributed by atoms with van der Waals surface area (Å²) in [6.45, 7) is 6.17. The van der Waals surface area contributed by atoms with E-state index in [1.807, 2.05) is 6.07 Å². The summed E-state index contributed by atoms with van der Waals surface area (Å²) in [4.78, 5) is 18.8. The second kappa shape index (κ2) is 7.11. The third-order valence-electron chi connectivity index (χ3n) is 6.95. The summed E-state index contributed by atoms with van der Waals surface area (Å²) in [6, 6.07) is 15.5. The molecule has 30 heavy (non-hydrogen) atoms. The highest BCUT2D eigenvalue weighted by Crippen LogP contribution is 2.49. The van der Waals surface area contributed by atoms with E-state index in [2.05, 4.69) is 34.6 Å². The van der Waals surface area contributed by atoms with Crippen LogP contribution in [0.5, 0.6) is 0 Å². The average molecular weight is 409 g/mol. The smallest absolute Gasteiger partial charge is 0.237 e. The van der Waals surface area contributed by atoms with Crippen LogP contribution >= 0.6 is 0 Å². The Balaban J connectivity index is 1.56. The molecule has 2 unspecified atom stereocenters. The van der Waals surface area contributed by atoms with Gasteiger partial charge in [-0.25, -0.2) is 9.38 Å². The van der Waals surface area contributed by atoms with E-state index in [0.717, 1.165) is 18.7 Å². The molecule has 2 aromatic carbocycles.